The second-order valence-corrected chi connectivity index (χ2v) is 2.10. The van der Waals surface area contributed by atoms with E-state index in [1.165, 1.54) is 13.2 Å². The van der Waals surface area contributed by atoms with Crippen molar-refractivity contribution in [2.24, 2.45) is 0 Å². The predicted molar refractivity (Wildman–Crippen MR) is 36.8 cm³/mol. The van der Waals surface area contributed by atoms with Gasteiger partial charge in [0.15, 0.2) is 0 Å². The zero-order chi connectivity index (χ0) is 7.56. The van der Waals surface area contributed by atoms with E-state index in [2.05, 4.69) is 6.07 Å². The molecule has 0 aliphatic rings. The molecule has 0 amide bonds. The lowest BCUT2D eigenvalue weighted by Crippen LogP contribution is -1.84. The number of ether oxygens (including phenoxy) is 1. The molecule has 1 radical (unpaired) electrons. The van der Waals surface area contributed by atoms with Crippen molar-refractivity contribution in [1.82, 2.24) is 0 Å². The smallest absolute Gasteiger partial charge is 0.138 e. The summed E-state index contributed by atoms with van der Waals surface area (Å²) in [4.78, 5) is 0. The van der Waals surface area contributed by atoms with Crippen LogP contribution in [0.4, 0.5) is 4.39 Å². The lowest BCUT2D eigenvalue weighted by atomic mass is 10.3. The highest BCUT2D eigenvalue weighted by Gasteiger charge is 1.99. The fourth-order valence-electron chi connectivity index (χ4n) is 0.584. The third-order valence-corrected chi connectivity index (χ3v) is 1.35. The van der Waals surface area contributed by atoms with Crippen LogP contribution in [-0.4, -0.2) is 7.11 Å². The van der Waals surface area contributed by atoms with Crippen molar-refractivity contribution in [2.75, 3.05) is 7.11 Å². The maximum absolute atomic E-state index is 12.3. The van der Waals surface area contributed by atoms with Crippen molar-refractivity contribution in [3.63, 3.8) is 0 Å². The number of halogens is 2. The topological polar surface area (TPSA) is 9.23 Å². The van der Waals surface area contributed by atoms with Crippen LogP contribution in [0.2, 0.25) is 5.02 Å². The van der Waals surface area contributed by atoms with E-state index in [1.54, 1.807) is 0 Å². The van der Waals surface area contributed by atoms with Crippen LogP contribution in [0.25, 0.3) is 0 Å². The van der Waals surface area contributed by atoms with Gasteiger partial charge >= 0.3 is 0 Å². The third-order valence-electron chi connectivity index (χ3n) is 1.05. The molecule has 0 saturated carbocycles. The Labute approximate surface area is 63.4 Å². The summed E-state index contributed by atoms with van der Waals surface area (Å²) in [6, 6.07) is 4.83. The summed E-state index contributed by atoms with van der Waals surface area (Å²) >= 11 is 5.54. The molecule has 1 nitrogen and oxygen atoms in total. The minimum Gasteiger partial charge on any atom is -0.495 e. The molecule has 0 atom stereocenters. The van der Waals surface area contributed by atoms with E-state index in [0.717, 1.165) is 6.07 Å². The summed E-state index contributed by atoms with van der Waals surface area (Å²) < 4.78 is 17.1. The molecule has 0 aliphatic heterocycles. The molecule has 0 aliphatic carbocycles. The van der Waals surface area contributed by atoms with Crippen LogP contribution in [0.3, 0.4) is 0 Å². The summed E-state index contributed by atoms with van der Waals surface area (Å²) in [6.07, 6.45) is 0. The van der Waals surface area contributed by atoms with Gasteiger partial charge in [-0.05, 0) is 12.1 Å². The Bertz CT molecular complexity index is 237. The zero-order valence-electron chi connectivity index (χ0n) is 5.32. The van der Waals surface area contributed by atoms with E-state index in [4.69, 9.17) is 16.3 Å². The van der Waals surface area contributed by atoms with Crippen molar-refractivity contribution in [3.05, 3.63) is 29.0 Å². The maximum Gasteiger partial charge on any atom is 0.138 e. The molecule has 0 aromatic heterocycles. The molecule has 3 heteroatoms. The van der Waals surface area contributed by atoms with Crippen molar-refractivity contribution in [1.29, 1.82) is 0 Å². The molecule has 0 saturated heterocycles. The van der Waals surface area contributed by atoms with Gasteiger partial charge in [-0.2, -0.15) is 0 Å². The molecule has 0 spiro atoms. The largest absolute Gasteiger partial charge is 0.495 e. The first-order valence-electron chi connectivity index (χ1n) is 2.65. The molecule has 0 unspecified atom stereocenters. The van der Waals surface area contributed by atoms with E-state index in [-0.39, 0.29) is 5.02 Å². The molecule has 1 rings (SSSR count). The van der Waals surface area contributed by atoms with Crippen molar-refractivity contribution >= 4 is 11.6 Å². The Morgan fingerprint density at radius 3 is 2.90 bits per heavy atom. The van der Waals surface area contributed by atoms with Crippen LogP contribution in [0.1, 0.15) is 0 Å². The Hall–Kier alpha value is -0.760. The first kappa shape index (κ1) is 7.35. The van der Waals surface area contributed by atoms with Gasteiger partial charge in [0.1, 0.15) is 11.6 Å². The van der Waals surface area contributed by atoms with E-state index in [1.807, 2.05) is 0 Å². The highest BCUT2D eigenvalue weighted by atomic mass is 35.5. The van der Waals surface area contributed by atoms with E-state index < -0.39 is 5.82 Å². The monoisotopic (exact) mass is 159 g/mol. The molecule has 1 aromatic rings. The summed E-state index contributed by atoms with van der Waals surface area (Å²) in [5.41, 5.74) is 0. The van der Waals surface area contributed by atoms with Gasteiger partial charge < -0.3 is 4.74 Å². The number of hydrogen-bond donors (Lipinski definition) is 0. The fraction of sp³-hybridized carbons (Fsp3) is 0.143. The Kier molecular flexibility index (Phi) is 2.12. The maximum atomic E-state index is 12.3. The van der Waals surface area contributed by atoms with Gasteiger partial charge in [0.25, 0.3) is 0 Å². The van der Waals surface area contributed by atoms with Gasteiger partial charge in [0, 0.05) is 6.07 Å². The quantitative estimate of drug-likeness (QED) is 0.611. The number of benzene rings is 1. The highest BCUT2D eigenvalue weighted by Crippen LogP contribution is 2.23. The van der Waals surface area contributed by atoms with Gasteiger partial charge in [-0.1, -0.05) is 11.6 Å². The van der Waals surface area contributed by atoms with Crippen LogP contribution >= 0.6 is 11.6 Å². The summed E-state index contributed by atoms with van der Waals surface area (Å²) in [7, 11) is 1.47. The molecule has 0 heterocycles. The van der Waals surface area contributed by atoms with E-state index in [0.29, 0.717) is 5.75 Å². The molecular formula is C7H5ClFO. The predicted octanol–water partition coefficient (Wildman–Crippen LogP) is 2.29. The minimum absolute atomic E-state index is 0.263. The number of methoxy groups -OCH3 is 1. The molecule has 1 aromatic carbocycles. The molecular weight excluding hydrogens is 155 g/mol. The first-order valence-corrected chi connectivity index (χ1v) is 3.02. The molecule has 0 fully saturated rings. The zero-order valence-corrected chi connectivity index (χ0v) is 6.07. The minimum atomic E-state index is -0.481. The van der Waals surface area contributed by atoms with Crippen molar-refractivity contribution in [3.8, 4) is 5.75 Å². The summed E-state index contributed by atoms with van der Waals surface area (Å²) in [6.45, 7) is 0. The van der Waals surface area contributed by atoms with Crippen LogP contribution < -0.4 is 4.74 Å². The van der Waals surface area contributed by atoms with Crippen LogP contribution in [0.15, 0.2) is 12.1 Å². The van der Waals surface area contributed by atoms with E-state index in [9.17, 15) is 4.39 Å². The first-order chi connectivity index (χ1) is 4.74. The second-order valence-electron chi connectivity index (χ2n) is 1.70. The molecule has 53 valence electrons. The van der Waals surface area contributed by atoms with Crippen LogP contribution in [0.5, 0.6) is 5.75 Å². The van der Waals surface area contributed by atoms with Gasteiger partial charge in [-0.25, -0.2) is 4.39 Å². The fourth-order valence-corrected chi connectivity index (χ4v) is 0.811. The molecule has 10 heavy (non-hydrogen) atoms. The van der Waals surface area contributed by atoms with Gasteiger partial charge in [-0.15, -0.1) is 0 Å². The highest BCUT2D eigenvalue weighted by molar-refractivity contribution is 6.32. The average molecular weight is 160 g/mol. The standard InChI is InChI=1S/C7H5ClFO/c1-10-7-3-2-5(9)4-6(7)8/h3-4H,1H3. The van der Waals surface area contributed by atoms with Crippen molar-refractivity contribution in [2.45, 2.75) is 0 Å². The van der Waals surface area contributed by atoms with E-state index >= 15 is 0 Å². The molecule has 0 N–H and O–H groups in total. The SMILES string of the molecule is COc1c[c]c(F)cc1Cl. The molecule has 0 bridgehead atoms. The third kappa shape index (κ3) is 1.39. The summed E-state index contributed by atoms with van der Waals surface area (Å²) in [5.74, 6) is -0.0473. The lowest BCUT2D eigenvalue weighted by Gasteiger charge is -1.99. The lowest BCUT2D eigenvalue weighted by molar-refractivity contribution is 0.414. The average Bonchev–Trinajstić information content (AvgIpc) is 1.88. The Morgan fingerprint density at radius 1 is 1.70 bits per heavy atom. The normalized spacial score (nSPS) is 9.50. The van der Waals surface area contributed by atoms with Crippen LogP contribution in [-0.2, 0) is 0 Å². The number of rotatable bonds is 1. The Morgan fingerprint density at radius 2 is 2.40 bits per heavy atom. The second kappa shape index (κ2) is 2.88. The van der Waals surface area contributed by atoms with Crippen LogP contribution in [0, 0.1) is 11.9 Å². The summed E-state index contributed by atoms with van der Waals surface area (Å²) in [5, 5.41) is 0.263. The Balaban J connectivity index is 3.07. The van der Waals surface area contributed by atoms with Gasteiger partial charge in [0.2, 0.25) is 0 Å². The van der Waals surface area contributed by atoms with Crippen molar-refractivity contribution < 1.29 is 9.13 Å². The van der Waals surface area contributed by atoms with Gasteiger partial charge in [0.05, 0.1) is 12.1 Å². The number of hydrogen-bond acceptors (Lipinski definition) is 1. The van der Waals surface area contributed by atoms with Gasteiger partial charge in [-0.3, -0.25) is 0 Å².